The van der Waals surface area contributed by atoms with Crippen LogP contribution in [-0.4, -0.2) is 43.6 Å². The van der Waals surface area contributed by atoms with Gasteiger partial charge in [-0.25, -0.2) is 0 Å². The van der Waals surface area contributed by atoms with E-state index in [4.69, 9.17) is 7.85 Å². The third-order valence-corrected chi connectivity index (χ3v) is 5.31. The molecule has 1 atom stereocenters. The van der Waals surface area contributed by atoms with Gasteiger partial charge in [-0.3, -0.25) is 19.7 Å². The predicted molar refractivity (Wildman–Crippen MR) is 95.1 cm³/mol. The van der Waals surface area contributed by atoms with Crippen molar-refractivity contribution in [1.82, 2.24) is 10.2 Å². The minimum absolute atomic E-state index is 0.0260. The fourth-order valence-corrected chi connectivity index (χ4v) is 3.73. The Bertz CT molecular complexity index is 651. The van der Waals surface area contributed by atoms with Gasteiger partial charge in [-0.1, -0.05) is 24.3 Å². The number of amides is 3. The molecule has 1 N–H and O–H groups in total. The van der Waals surface area contributed by atoms with Gasteiger partial charge in [0.2, 0.25) is 17.7 Å². The summed E-state index contributed by atoms with van der Waals surface area (Å²) >= 11 is 0. The van der Waals surface area contributed by atoms with E-state index in [2.05, 4.69) is 29.6 Å². The lowest BCUT2D eigenvalue weighted by Crippen LogP contribution is -2.41. The van der Waals surface area contributed by atoms with Crippen LogP contribution in [0, 0.1) is 5.92 Å². The lowest BCUT2D eigenvalue weighted by Gasteiger charge is -2.32. The average molecular weight is 338 g/mol. The molecule has 3 rings (SSSR count). The summed E-state index contributed by atoms with van der Waals surface area (Å²) in [5.74, 6) is 0.0481. The molecular weight excluding hydrogens is 315 g/mol. The number of rotatable bonds is 4. The first kappa shape index (κ1) is 17.7. The standard InChI is InChI=1S/C19H23BN2O3/c20-12-18(24)22-9-7-15(8-10-22)14-3-1-13(2-4-14)11-16-5-6-17(23)21-19(16)25/h1-4,15-16H,5-12H2,(H,21,23,25). The third kappa shape index (κ3) is 4.30. The van der Waals surface area contributed by atoms with Crippen LogP contribution in [0.2, 0.25) is 6.32 Å². The van der Waals surface area contributed by atoms with Gasteiger partial charge < -0.3 is 4.90 Å². The molecule has 25 heavy (non-hydrogen) atoms. The average Bonchev–Trinajstić information content (AvgIpc) is 2.64. The zero-order valence-corrected chi connectivity index (χ0v) is 14.4. The number of likely N-dealkylation sites (tertiary alicyclic amines) is 1. The molecule has 130 valence electrons. The Balaban J connectivity index is 1.55. The molecule has 2 aliphatic rings. The van der Waals surface area contributed by atoms with Crippen LogP contribution in [-0.2, 0) is 20.8 Å². The number of benzene rings is 1. The molecule has 0 bridgehead atoms. The highest BCUT2D eigenvalue weighted by molar-refractivity contribution is 6.19. The molecule has 2 aliphatic heterocycles. The van der Waals surface area contributed by atoms with Crippen molar-refractivity contribution >= 4 is 25.6 Å². The first-order valence-corrected chi connectivity index (χ1v) is 8.97. The minimum Gasteiger partial charge on any atom is -0.343 e. The fourth-order valence-electron chi connectivity index (χ4n) is 3.73. The zero-order valence-electron chi connectivity index (χ0n) is 14.4. The first-order valence-electron chi connectivity index (χ1n) is 8.97. The lowest BCUT2D eigenvalue weighted by molar-refractivity contribution is -0.136. The molecule has 2 radical (unpaired) electrons. The van der Waals surface area contributed by atoms with Gasteiger partial charge in [-0.05, 0) is 49.0 Å². The number of nitrogens with zero attached hydrogens (tertiary/aromatic N) is 1. The van der Waals surface area contributed by atoms with Crippen molar-refractivity contribution in [2.24, 2.45) is 5.92 Å². The Morgan fingerprint density at radius 2 is 1.80 bits per heavy atom. The van der Waals surface area contributed by atoms with E-state index in [0.29, 0.717) is 25.2 Å². The van der Waals surface area contributed by atoms with E-state index in [1.54, 1.807) is 0 Å². The van der Waals surface area contributed by atoms with Gasteiger partial charge in [0.25, 0.3) is 0 Å². The molecule has 0 aromatic heterocycles. The molecule has 0 aliphatic carbocycles. The quantitative estimate of drug-likeness (QED) is 0.670. The molecule has 3 amide bonds. The number of imide groups is 1. The molecule has 2 heterocycles. The molecular formula is C19H23BN2O3. The van der Waals surface area contributed by atoms with Crippen LogP contribution in [0.15, 0.2) is 24.3 Å². The minimum atomic E-state index is -0.170. The summed E-state index contributed by atoms with van der Waals surface area (Å²) in [6, 6.07) is 8.42. The summed E-state index contributed by atoms with van der Waals surface area (Å²) in [4.78, 5) is 36.6. The van der Waals surface area contributed by atoms with E-state index in [1.165, 1.54) is 5.56 Å². The second-order valence-corrected chi connectivity index (χ2v) is 6.95. The summed E-state index contributed by atoms with van der Waals surface area (Å²) < 4.78 is 0. The fraction of sp³-hybridized carbons (Fsp3) is 0.526. The molecule has 5 nitrogen and oxygen atoms in total. The topological polar surface area (TPSA) is 66.5 Å². The molecule has 1 unspecified atom stereocenters. The molecule has 1 aromatic carbocycles. The van der Waals surface area contributed by atoms with Crippen molar-refractivity contribution in [3.05, 3.63) is 35.4 Å². The maximum Gasteiger partial charge on any atom is 0.230 e. The lowest BCUT2D eigenvalue weighted by atomic mass is 9.87. The molecule has 2 fully saturated rings. The molecule has 6 heteroatoms. The van der Waals surface area contributed by atoms with Gasteiger partial charge >= 0.3 is 0 Å². The van der Waals surface area contributed by atoms with E-state index in [-0.39, 0.29) is 30.0 Å². The number of hydrogen-bond donors (Lipinski definition) is 1. The largest absolute Gasteiger partial charge is 0.343 e. The Kier molecular flexibility index (Phi) is 5.56. The monoisotopic (exact) mass is 338 g/mol. The second-order valence-electron chi connectivity index (χ2n) is 6.95. The highest BCUT2D eigenvalue weighted by atomic mass is 16.2. The van der Waals surface area contributed by atoms with E-state index in [0.717, 1.165) is 31.5 Å². The first-order chi connectivity index (χ1) is 12.1. The van der Waals surface area contributed by atoms with Crippen molar-refractivity contribution in [1.29, 1.82) is 0 Å². The maximum absolute atomic E-state index is 11.9. The number of carbonyl (C=O) groups excluding carboxylic acids is 3. The summed E-state index contributed by atoms with van der Waals surface area (Å²) in [6.07, 6.45) is 3.72. The summed E-state index contributed by atoms with van der Waals surface area (Å²) in [6.45, 7) is 1.53. The van der Waals surface area contributed by atoms with Crippen molar-refractivity contribution in [3.63, 3.8) is 0 Å². The van der Waals surface area contributed by atoms with Gasteiger partial charge in [-0.15, -0.1) is 0 Å². The molecule has 1 aromatic rings. The van der Waals surface area contributed by atoms with Gasteiger partial charge in [0.1, 0.15) is 0 Å². The number of nitrogens with one attached hydrogen (secondary N) is 1. The van der Waals surface area contributed by atoms with Crippen LogP contribution in [0.1, 0.15) is 42.7 Å². The Hall–Kier alpha value is -2.11. The van der Waals surface area contributed by atoms with Gasteiger partial charge in [-0.2, -0.15) is 0 Å². The van der Waals surface area contributed by atoms with Crippen LogP contribution in [0.4, 0.5) is 0 Å². The highest BCUT2D eigenvalue weighted by Gasteiger charge is 2.27. The maximum atomic E-state index is 11.9. The number of piperidine rings is 2. The smallest absolute Gasteiger partial charge is 0.230 e. The van der Waals surface area contributed by atoms with Crippen molar-refractivity contribution in [2.45, 2.75) is 44.3 Å². The van der Waals surface area contributed by atoms with E-state index < -0.39 is 0 Å². The van der Waals surface area contributed by atoms with Gasteiger partial charge in [0.05, 0.1) is 7.85 Å². The summed E-state index contributed by atoms with van der Waals surface area (Å²) in [5.41, 5.74) is 2.40. The van der Waals surface area contributed by atoms with Crippen LogP contribution < -0.4 is 5.32 Å². The predicted octanol–water partition coefficient (Wildman–Crippen LogP) is 1.57. The Morgan fingerprint density at radius 3 is 2.40 bits per heavy atom. The second kappa shape index (κ2) is 7.85. The summed E-state index contributed by atoms with van der Waals surface area (Å²) in [7, 11) is 5.42. The molecule has 0 spiro atoms. The summed E-state index contributed by atoms with van der Waals surface area (Å²) in [5, 5.41) is 2.41. The van der Waals surface area contributed by atoms with E-state index in [9.17, 15) is 14.4 Å². The Labute approximate surface area is 149 Å². The molecule has 0 saturated carbocycles. The highest BCUT2D eigenvalue weighted by Crippen LogP contribution is 2.29. The Morgan fingerprint density at radius 1 is 1.12 bits per heavy atom. The van der Waals surface area contributed by atoms with Gasteiger partial charge in [0.15, 0.2) is 0 Å². The SMILES string of the molecule is [B]CC(=O)N1CCC(c2ccc(CC3CCC(=O)NC3=O)cc2)CC1. The van der Waals surface area contributed by atoms with Crippen LogP contribution in [0.5, 0.6) is 0 Å². The normalized spacial score (nSPS) is 21.9. The van der Waals surface area contributed by atoms with Gasteiger partial charge in [0, 0.05) is 25.4 Å². The van der Waals surface area contributed by atoms with Crippen molar-refractivity contribution < 1.29 is 14.4 Å². The van der Waals surface area contributed by atoms with E-state index in [1.807, 2.05) is 4.90 Å². The molecule has 2 saturated heterocycles. The van der Waals surface area contributed by atoms with E-state index >= 15 is 0 Å². The van der Waals surface area contributed by atoms with Crippen molar-refractivity contribution in [3.8, 4) is 0 Å². The van der Waals surface area contributed by atoms with Crippen molar-refractivity contribution in [2.75, 3.05) is 13.1 Å². The zero-order chi connectivity index (χ0) is 17.8. The van der Waals surface area contributed by atoms with Crippen LogP contribution in [0.3, 0.4) is 0 Å². The number of hydrogen-bond acceptors (Lipinski definition) is 3. The third-order valence-electron chi connectivity index (χ3n) is 5.31. The van der Waals surface area contributed by atoms with Crippen LogP contribution >= 0.6 is 0 Å². The van der Waals surface area contributed by atoms with Crippen LogP contribution in [0.25, 0.3) is 0 Å². The number of carbonyl (C=O) groups is 3.